The van der Waals surface area contributed by atoms with E-state index in [0.29, 0.717) is 0 Å². The van der Waals surface area contributed by atoms with Gasteiger partial charge < -0.3 is 9.55 Å². The molecule has 0 amide bonds. The molecule has 30 heavy (non-hydrogen) atoms. The number of hydrogen-bond acceptors (Lipinski definition) is 4. The molecular weight excluding hydrogens is 408 g/mol. The third kappa shape index (κ3) is 4.99. The maximum absolute atomic E-state index is 4.95. The van der Waals surface area contributed by atoms with Crippen molar-refractivity contribution in [2.75, 3.05) is 11.5 Å². The number of aryl methyl sites for hydroxylation is 3. The van der Waals surface area contributed by atoms with Gasteiger partial charge in [0.15, 0.2) is 10.3 Å². The predicted molar refractivity (Wildman–Crippen MR) is 128 cm³/mol. The molecule has 2 heterocycles. The van der Waals surface area contributed by atoms with Crippen LogP contribution in [0.15, 0.2) is 71.2 Å². The summed E-state index contributed by atoms with van der Waals surface area (Å²) < 4.78 is 2.06. The molecule has 2 aromatic carbocycles. The smallest absolute Gasteiger partial charge is 0.167 e. The second-order valence-electron chi connectivity index (χ2n) is 7.37. The molecule has 4 rings (SSSR count). The lowest BCUT2D eigenvalue weighted by Gasteiger charge is -2.04. The monoisotopic (exact) mass is 434 g/mol. The normalized spacial score (nSPS) is 11.2. The number of benzene rings is 2. The van der Waals surface area contributed by atoms with Crippen LogP contribution < -0.4 is 0 Å². The first kappa shape index (κ1) is 20.8. The number of thioether (sulfide) groups is 2. The van der Waals surface area contributed by atoms with Gasteiger partial charge in [0.05, 0.1) is 11.4 Å². The minimum absolute atomic E-state index is 0.975. The Morgan fingerprint density at radius 1 is 0.867 bits per heavy atom. The molecule has 2 aromatic heterocycles. The predicted octanol–water partition coefficient (Wildman–Crippen LogP) is 6.37. The van der Waals surface area contributed by atoms with Crippen LogP contribution in [0.3, 0.4) is 0 Å². The number of aromatic nitrogens is 4. The first-order valence-corrected chi connectivity index (χ1v) is 12.0. The molecule has 0 radical (unpaired) electrons. The van der Waals surface area contributed by atoms with Crippen molar-refractivity contribution in [2.24, 2.45) is 7.05 Å². The largest absolute Gasteiger partial charge is 0.332 e. The van der Waals surface area contributed by atoms with Crippen molar-refractivity contribution >= 4 is 23.5 Å². The van der Waals surface area contributed by atoms with Gasteiger partial charge in [-0.15, -0.1) is 0 Å². The molecule has 0 aliphatic rings. The Kier molecular flexibility index (Phi) is 6.65. The zero-order valence-corrected chi connectivity index (χ0v) is 19.2. The molecule has 4 aromatic rings. The van der Waals surface area contributed by atoms with Crippen molar-refractivity contribution < 1.29 is 0 Å². The highest BCUT2D eigenvalue weighted by molar-refractivity contribution is 8.00. The fraction of sp³-hybridized carbons (Fsp3) is 0.250. The Morgan fingerprint density at radius 2 is 1.50 bits per heavy atom. The lowest BCUT2D eigenvalue weighted by molar-refractivity contribution is 0.789. The quantitative estimate of drug-likeness (QED) is 0.259. The maximum atomic E-state index is 4.95. The van der Waals surface area contributed by atoms with Crippen molar-refractivity contribution in [3.63, 3.8) is 0 Å². The van der Waals surface area contributed by atoms with Crippen LogP contribution >= 0.6 is 23.5 Å². The average molecular weight is 435 g/mol. The summed E-state index contributed by atoms with van der Waals surface area (Å²) in [5, 5.41) is 2.05. The van der Waals surface area contributed by atoms with Gasteiger partial charge in [-0.2, -0.15) is 0 Å². The van der Waals surface area contributed by atoms with Crippen molar-refractivity contribution in [3.8, 4) is 22.5 Å². The number of aromatic amines is 1. The number of nitrogens with one attached hydrogen (secondary N) is 1. The molecule has 0 fully saturated rings. The first-order chi connectivity index (χ1) is 14.6. The first-order valence-electron chi connectivity index (χ1n) is 10.1. The number of imidazole rings is 2. The van der Waals surface area contributed by atoms with Gasteiger partial charge in [-0.1, -0.05) is 83.2 Å². The molecule has 0 saturated heterocycles. The Morgan fingerprint density at radius 3 is 2.13 bits per heavy atom. The molecule has 0 unspecified atom stereocenters. The number of hydrogen-bond donors (Lipinski definition) is 1. The SMILES string of the molecule is Cc1ccc(-c2nc(SCCCSc3nccn3C)[nH]c2-c2ccc(C)cc2)cc1. The zero-order valence-electron chi connectivity index (χ0n) is 17.6. The van der Waals surface area contributed by atoms with Crippen molar-refractivity contribution in [1.29, 1.82) is 0 Å². The van der Waals surface area contributed by atoms with Gasteiger partial charge >= 0.3 is 0 Å². The van der Waals surface area contributed by atoms with E-state index in [1.54, 1.807) is 23.5 Å². The molecule has 0 aliphatic carbocycles. The van der Waals surface area contributed by atoms with Crippen LogP contribution in [-0.4, -0.2) is 31.0 Å². The maximum Gasteiger partial charge on any atom is 0.167 e. The van der Waals surface area contributed by atoms with Crippen LogP contribution in [0.2, 0.25) is 0 Å². The topological polar surface area (TPSA) is 46.5 Å². The molecule has 6 heteroatoms. The highest BCUT2D eigenvalue weighted by Gasteiger charge is 2.14. The third-order valence-corrected chi connectivity index (χ3v) is 6.99. The van der Waals surface area contributed by atoms with Crippen LogP contribution in [0.25, 0.3) is 22.5 Å². The molecular formula is C24H26N4S2. The molecule has 0 atom stereocenters. The summed E-state index contributed by atoms with van der Waals surface area (Å²) in [5.74, 6) is 2.07. The van der Waals surface area contributed by atoms with Gasteiger partial charge in [-0.3, -0.25) is 0 Å². The second-order valence-corrected chi connectivity index (χ2v) is 9.51. The molecule has 0 aliphatic heterocycles. The van der Waals surface area contributed by atoms with E-state index in [-0.39, 0.29) is 0 Å². The van der Waals surface area contributed by atoms with Gasteiger partial charge in [0.1, 0.15) is 0 Å². The molecule has 0 bridgehead atoms. The minimum Gasteiger partial charge on any atom is -0.332 e. The summed E-state index contributed by atoms with van der Waals surface area (Å²) in [6, 6.07) is 17.2. The Balaban J connectivity index is 1.48. The van der Waals surface area contributed by atoms with Gasteiger partial charge in [-0.25, -0.2) is 9.97 Å². The summed E-state index contributed by atoms with van der Waals surface area (Å²) in [5.41, 5.74) is 6.93. The lowest BCUT2D eigenvalue weighted by Crippen LogP contribution is -1.91. The van der Waals surface area contributed by atoms with Crippen LogP contribution in [-0.2, 0) is 7.05 Å². The van der Waals surface area contributed by atoms with E-state index in [4.69, 9.17) is 4.98 Å². The molecule has 1 N–H and O–H groups in total. The summed E-state index contributed by atoms with van der Waals surface area (Å²) in [7, 11) is 2.03. The third-order valence-electron chi connectivity index (χ3n) is 4.88. The lowest BCUT2D eigenvalue weighted by atomic mass is 10.0. The van der Waals surface area contributed by atoms with Gasteiger partial charge in [-0.05, 0) is 20.3 Å². The number of H-pyrrole nitrogens is 1. The fourth-order valence-corrected chi connectivity index (χ4v) is 5.02. The van der Waals surface area contributed by atoms with Gasteiger partial charge in [0, 0.05) is 42.1 Å². The highest BCUT2D eigenvalue weighted by atomic mass is 32.2. The molecule has 0 spiro atoms. The molecule has 4 nitrogen and oxygen atoms in total. The van der Waals surface area contributed by atoms with Gasteiger partial charge in [0.2, 0.25) is 0 Å². The molecule has 154 valence electrons. The highest BCUT2D eigenvalue weighted by Crippen LogP contribution is 2.33. The van der Waals surface area contributed by atoms with Crippen molar-refractivity contribution in [2.45, 2.75) is 30.6 Å². The number of nitrogens with zero attached hydrogens (tertiary/aromatic N) is 3. The van der Waals surface area contributed by atoms with Crippen molar-refractivity contribution in [3.05, 3.63) is 72.1 Å². The van der Waals surface area contributed by atoms with E-state index >= 15 is 0 Å². The standard InChI is InChI=1S/C24H26N4S2/c1-17-5-9-19(10-6-17)21-22(20-11-7-18(2)8-12-20)27-23(26-21)29-15-4-16-30-24-25-13-14-28(24)3/h5-14H,4,15-16H2,1-3H3,(H,26,27). The van der Waals surface area contributed by atoms with Crippen LogP contribution in [0.4, 0.5) is 0 Å². The average Bonchev–Trinajstić information content (AvgIpc) is 3.35. The Bertz CT molecular complexity index is 1030. The summed E-state index contributed by atoms with van der Waals surface area (Å²) in [6.45, 7) is 4.22. The van der Waals surface area contributed by atoms with Crippen LogP contribution in [0.1, 0.15) is 17.5 Å². The molecule has 0 saturated carbocycles. The zero-order chi connectivity index (χ0) is 20.9. The van der Waals surface area contributed by atoms with Gasteiger partial charge in [0.25, 0.3) is 0 Å². The van der Waals surface area contributed by atoms with E-state index in [1.165, 1.54) is 16.7 Å². The van der Waals surface area contributed by atoms with E-state index in [1.807, 2.05) is 19.4 Å². The fourth-order valence-electron chi connectivity index (χ4n) is 3.15. The summed E-state index contributed by atoms with van der Waals surface area (Å²) in [4.78, 5) is 12.9. The number of rotatable bonds is 8. The van der Waals surface area contributed by atoms with E-state index < -0.39 is 0 Å². The van der Waals surface area contributed by atoms with Crippen LogP contribution in [0.5, 0.6) is 0 Å². The van der Waals surface area contributed by atoms with Crippen LogP contribution in [0, 0.1) is 13.8 Å². The Labute approximate surface area is 186 Å². The summed E-state index contributed by atoms with van der Waals surface area (Å²) >= 11 is 3.59. The van der Waals surface area contributed by atoms with E-state index in [9.17, 15) is 0 Å². The minimum atomic E-state index is 0.975. The van der Waals surface area contributed by atoms with E-state index in [0.717, 1.165) is 45.2 Å². The summed E-state index contributed by atoms with van der Waals surface area (Å²) in [6.07, 6.45) is 4.93. The van der Waals surface area contributed by atoms with E-state index in [2.05, 4.69) is 76.9 Å². The Hall–Kier alpha value is -2.44. The van der Waals surface area contributed by atoms with Crippen molar-refractivity contribution in [1.82, 2.24) is 19.5 Å². The second kappa shape index (κ2) is 9.58.